The van der Waals surface area contributed by atoms with Crippen molar-refractivity contribution in [2.45, 2.75) is 51.3 Å². The molecule has 2 aromatic carbocycles. The van der Waals surface area contributed by atoms with E-state index < -0.39 is 0 Å². The van der Waals surface area contributed by atoms with Gasteiger partial charge >= 0.3 is 0 Å². The number of aliphatic hydroxyl groups is 1. The number of guanidine groups is 1. The summed E-state index contributed by atoms with van der Waals surface area (Å²) in [5.74, 6) is 0.815. The van der Waals surface area contributed by atoms with E-state index in [0.717, 1.165) is 51.5 Å². The van der Waals surface area contributed by atoms with E-state index in [0.29, 0.717) is 0 Å². The summed E-state index contributed by atoms with van der Waals surface area (Å²) in [4.78, 5) is 6.79. The minimum Gasteiger partial charge on any atom is -0.393 e. The van der Waals surface area contributed by atoms with E-state index in [1.54, 1.807) is 0 Å². The van der Waals surface area contributed by atoms with E-state index in [1.807, 2.05) is 7.05 Å². The molecule has 5 heteroatoms. The number of aliphatic hydroxyl groups excluding tert-OH is 1. The third-order valence-corrected chi connectivity index (χ3v) is 5.92. The predicted molar refractivity (Wildman–Crippen MR) is 125 cm³/mol. The van der Waals surface area contributed by atoms with E-state index >= 15 is 0 Å². The Labute approximate surface area is 181 Å². The summed E-state index contributed by atoms with van der Waals surface area (Å²) in [6.07, 6.45) is 1.65. The van der Waals surface area contributed by atoms with Crippen LogP contribution in [0.1, 0.15) is 43.4 Å². The van der Waals surface area contributed by atoms with Gasteiger partial charge in [-0.05, 0) is 29.5 Å². The van der Waals surface area contributed by atoms with Gasteiger partial charge in [0.25, 0.3) is 0 Å². The van der Waals surface area contributed by atoms with Crippen molar-refractivity contribution >= 4 is 5.96 Å². The third-order valence-electron chi connectivity index (χ3n) is 5.92. The van der Waals surface area contributed by atoms with E-state index in [9.17, 15) is 5.11 Å². The van der Waals surface area contributed by atoms with Crippen LogP contribution in [0.2, 0.25) is 0 Å². The molecule has 3 N–H and O–H groups in total. The Hall–Kier alpha value is -2.37. The van der Waals surface area contributed by atoms with E-state index in [4.69, 9.17) is 0 Å². The zero-order valence-electron chi connectivity index (χ0n) is 18.6. The molecule has 162 valence electrons. The molecule has 2 aromatic rings. The molecule has 1 aliphatic rings. The molecule has 0 saturated carbocycles. The van der Waals surface area contributed by atoms with Crippen molar-refractivity contribution in [3.63, 3.8) is 0 Å². The first kappa shape index (κ1) is 22.3. The molecule has 0 aromatic heterocycles. The maximum absolute atomic E-state index is 9.65. The molecule has 3 rings (SSSR count). The maximum atomic E-state index is 9.65. The first-order valence-corrected chi connectivity index (χ1v) is 10.9. The highest BCUT2D eigenvalue weighted by Gasteiger charge is 2.20. The topological polar surface area (TPSA) is 59.9 Å². The van der Waals surface area contributed by atoms with Crippen LogP contribution < -0.4 is 10.6 Å². The lowest BCUT2D eigenvalue weighted by Crippen LogP contribution is -2.43. The fourth-order valence-corrected chi connectivity index (χ4v) is 3.80. The Morgan fingerprint density at radius 3 is 2.27 bits per heavy atom. The minimum absolute atomic E-state index is 0.0189. The first-order valence-electron chi connectivity index (χ1n) is 10.9. The van der Waals surface area contributed by atoms with E-state index in [1.165, 1.54) is 16.7 Å². The fourth-order valence-electron chi connectivity index (χ4n) is 3.80. The molecule has 0 bridgehead atoms. The third kappa shape index (κ3) is 6.57. The van der Waals surface area contributed by atoms with Crippen LogP contribution in [-0.2, 0) is 18.5 Å². The molecule has 0 spiro atoms. The van der Waals surface area contributed by atoms with Gasteiger partial charge < -0.3 is 15.7 Å². The SMILES string of the molecule is CN=C(NCc1ccc(CN2CCC(O)CC2)cc1)NCC(C)(C)c1ccccc1. The molecule has 30 heavy (non-hydrogen) atoms. The Morgan fingerprint density at radius 1 is 1.00 bits per heavy atom. The van der Waals surface area contributed by atoms with Gasteiger partial charge in [0, 0.05) is 45.2 Å². The second-order valence-corrected chi connectivity index (χ2v) is 8.85. The number of aliphatic imine (C=N–C) groups is 1. The number of likely N-dealkylation sites (tertiary alicyclic amines) is 1. The van der Waals surface area contributed by atoms with Crippen molar-refractivity contribution < 1.29 is 5.11 Å². The fraction of sp³-hybridized carbons (Fsp3) is 0.480. The van der Waals surface area contributed by atoms with Crippen LogP contribution in [0.25, 0.3) is 0 Å². The number of piperidine rings is 1. The summed E-state index contributed by atoms with van der Waals surface area (Å²) in [6, 6.07) is 19.3. The number of nitrogens with zero attached hydrogens (tertiary/aromatic N) is 2. The van der Waals surface area contributed by atoms with Crippen LogP contribution in [0.5, 0.6) is 0 Å². The van der Waals surface area contributed by atoms with Gasteiger partial charge in [0.05, 0.1) is 6.10 Å². The Morgan fingerprint density at radius 2 is 1.63 bits per heavy atom. The highest BCUT2D eigenvalue weighted by molar-refractivity contribution is 5.79. The molecule has 0 unspecified atom stereocenters. The Balaban J connectivity index is 1.45. The summed E-state index contributed by atoms with van der Waals surface area (Å²) in [5.41, 5.74) is 3.89. The Kier molecular flexibility index (Phi) is 7.88. The lowest BCUT2D eigenvalue weighted by atomic mass is 9.85. The summed E-state index contributed by atoms with van der Waals surface area (Å²) in [5, 5.41) is 16.5. The van der Waals surface area contributed by atoms with Crippen LogP contribution in [-0.4, -0.2) is 48.8 Å². The number of benzene rings is 2. The molecular weight excluding hydrogens is 372 g/mol. The number of rotatable bonds is 7. The van der Waals surface area contributed by atoms with Crippen LogP contribution >= 0.6 is 0 Å². The van der Waals surface area contributed by atoms with Crippen molar-refractivity contribution in [2.75, 3.05) is 26.7 Å². The highest BCUT2D eigenvalue weighted by atomic mass is 16.3. The second-order valence-electron chi connectivity index (χ2n) is 8.85. The van der Waals surface area contributed by atoms with Crippen LogP contribution in [0.4, 0.5) is 0 Å². The van der Waals surface area contributed by atoms with Crippen molar-refractivity contribution in [3.05, 3.63) is 71.3 Å². The molecular formula is C25H36N4O. The lowest BCUT2D eigenvalue weighted by Gasteiger charge is -2.29. The Bertz CT molecular complexity index is 794. The van der Waals surface area contributed by atoms with Crippen molar-refractivity contribution in [1.29, 1.82) is 0 Å². The average molecular weight is 409 g/mol. The first-order chi connectivity index (χ1) is 14.5. The standard InChI is InChI=1S/C25H36N4O/c1-25(2,22-7-5-4-6-8-22)19-28-24(26-3)27-17-20-9-11-21(12-10-20)18-29-15-13-23(30)14-16-29/h4-12,23,30H,13-19H2,1-3H3,(H2,26,27,28). The summed E-state index contributed by atoms with van der Waals surface area (Å²) >= 11 is 0. The predicted octanol–water partition coefficient (Wildman–Crippen LogP) is 3.29. The van der Waals surface area contributed by atoms with Gasteiger partial charge in [-0.1, -0.05) is 68.4 Å². The second kappa shape index (κ2) is 10.6. The molecule has 0 amide bonds. The average Bonchev–Trinajstić information content (AvgIpc) is 2.77. The molecule has 1 aliphatic heterocycles. The molecule has 0 radical (unpaired) electrons. The van der Waals surface area contributed by atoms with Crippen molar-refractivity contribution in [2.24, 2.45) is 4.99 Å². The molecule has 1 heterocycles. The van der Waals surface area contributed by atoms with Crippen molar-refractivity contribution in [1.82, 2.24) is 15.5 Å². The quantitative estimate of drug-likeness (QED) is 0.486. The number of nitrogens with one attached hydrogen (secondary N) is 2. The van der Waals surface area contributed by atoms with Crippen LogP contribution in [0.3, 0.4) is 0 Å². The lowest BCUT2D eigenvalue weighted by molar-refractivity contribution is 0.0792. The van der Waals surface area contributed by atoms with Gasteiger partial charge in [0.1, 0.15) is 0 Å². The normalized spacial score (nSPS) is 16.5. The van der Waals surface area contributed by atoms with E-state index in [2.05, 4.69) is 89.0 Å². The molecule has 5 nitrogen and oxygen atoms in total. The van der Waals surface area contributed by atoms with E-state index in [-0.39, 0.29) is 11.5 Å². The summed E-state index contributed by atoms with van der Waals surface area (Å²) in [7, 11) is 1.81. The van der Waals surface area contributed by atoms with Gasteiger partial charge in [0.15, 0.2) is 5.96 Å². The largest absolute Gasteiger partial charge is 0.393 e. The molecule has 0 aliphatic carbocycles. The molecule has 0 atom stereocenters. The minimum atomic E-state index is -0.115. The van der Waals surface area contributed by atoms with Gasteiger partial charge in [-0.25, -0.2) is 0 Å². The zero-order chi connectivity index (χ0) is 21.4. The summed E-state index contributed by atoms with van der Waals surface area (Å²) in [6.45, 7) is 8.94. The number of hydrogen-bond acceptors (Lipinski definition) is 3. The summed E-state index contributed by atoms with van der Waals surface area (Å²) < 4.78 is 0. The van der Waals surface area contributed by atoms with Gasteiger partial charge in [-0.2, -0.15) is 0 Å². The molecule has 1 saturated heterocycles. The van der Waals surface area contributed by atoms with Crippen LogP contribution in [0.15, 0.2) is 59.6 Å². The van der Waals surface area contributed by atoms with Gasteiger partial charge in [-0.15, -0.1) is 0 Å². The van der Waals surface area contributed by atoms with Crippen LogP contribution in [0, 0.1) is 0 Å². The number of hydrogen-bond donors (Lipinski definition) is 3. The van der Waals surface area contributed by atoms with Gasteiger partial charge in [0.2, 0.25) is 0 Å². The molecule has 1 fully saturated rings. The van der Waals surface area contributed by atoms with Crippen molar-refractivity contribution in [3.8, 4) is 0 Å². The van der Waals surface area contributed by atoms with Gasteiger partial charge in [-0.3, -0.25) is 9.89 Å². The zero-order valence-corrected chi connectivity index (χ0v) is 18.6. The smallest absolute Gasteiger partial charge is 0.191 e. The maximum Gasteiger partial charge on any atom is 0.191 e. The highest BCUT2D eigenvalue weighted by Crippen LogP contribution is 2.21. The monoisotopic (exact) mass is 408 g/mol.